The molecule has 6 heteroatoms. The summed E-state index contributed by atoms with van der Waals surface area (Å²) in [5.74, 6) is -0.865. The fourth-order valence-corrected chi connectivity index (χ4v) is 2.14. The molecular weight excluding hydrogens is 306 g/mol. The van der Waals surface area contributed by atoms with Crippen LogP contribution in [0.3, 0.4) is 0 Å². The molecule has 4 atom stereocenters. The average molecular weight is 332 g/mol. The number of nitrogens with one attached hydrogen (secondary N) is 2. The van der Waals surface area contributed by atoms with Gasteiger partial charge >= 0.3 is 0 Å². The standard InChI is InChI=1S/C18H26N3O3/c1-4-12(2)16(11-22)21-18(24)15(20-17(23)13(3)19)10-14-8-6-5-7-9-14/h5-9,12-13,15-16H,4,10,19H2,1-3H3,(H,20,23)(H,21,24). The van der Waals surface area contributed by atoms with Gasteiger partial charge in [-0.05, 0) is 18.4 Å². The predicted molar refractivity (Wildman–Crippen MR) is 92.8 cm³/mol. The normalized spacial score (nSPS) is 15.7. The minimum atomic E-state index is -0.800. The maximum Gasteiger partial charge on any atom is 0.243 e. The van der Waals surface area contributed by atoms with Gasteiger partial charge in [0.2, 0.25) is 18.1 Å². The number of carbonyl (C=O) groups is 2. The number of benzene rings is 1. The highest BCUT2D eigenvalue weighted by Gasteiger charge is 2.26. The lowest BCUT2D eigenvalue weighted by molar-refractivity contribution is -0.129. The minimum Gasteiger partial charge on any atom is -0.344 e. The highest BCUT2D eigenvalue weighted by Crippen LogP contribution is 2.08. The Hall–Kier alpha value is -2.21. The molecule has 0 spiro atoms. The van der Waals surface area contributed by atoms with Crippen LogP contribution in [-0.4, -0.2) is 36.2 Å². The van der Waals surface area contributed by atoms with Crippen LogP contribution in [0.4, 0.5) is 0 Å². The van der Waals surface area contributed by atoms with Crippen molar-refractivity contribution in [1.82, 2.24) is 10.6 Å². The first kappa shape index (κ1) is 19.8. The molecule has 1 radical (unpaired) electrons. The molecule has 1 rings (SSSR count). The zero-order chi connectivity index (χ0) is 18.1. The molecule has 0 fully saturated rings. The lowest BCUT2D eigenvalue weighted by Gasteiger charge is -2.24. The Morgan fingerprint density at radius 3 is 2.25 bits per heavy atom. The van der Waals surface area contributed by atoms with Crippen LogP contribution in [0.5, 0.6) is 0 Å². The van der Waals surface area contributed by atoms with Gasteiger partial charge in [-0.25, -0.2) is 0 Å². The fraction of sp³-hybridized carbons (Fsp3) is 0.500. The van der Waals surface area contributed by atoms with Gasteiger partial charge in [-0.15, -0.1) is 0 Å². The van der Waals surface area contributed by atoms with E-state index in [1.165, 1.54) is 0 Å². The summed E-state index contributed by atoms with van der Waals surface area (Å²) in [5, 5.41) is 5.31. The Kier molecular flexibility index (Phi) is 8.12. The first-order valence-corrected chi connectivity index (χ1v) is 8.16. The summed E-state index contributed by atoms with van der Waals surface area (Å²) in [4.78, 5) is 35.6. The molecule has 0 heterocycles. The van der Waals surface area contributed by atoms with Crippen molar-refractivity contribution in [1.29, 1.82) is 0 Å². The van der Waals surface area contributed by atoms with Crippen molar-refractivity contribution in [3.63, 3.8) is 0 Å². The Morgan fingerprint density at radius 1 is 1.12 bits per heavy atom. The summed E-state index contributed by atoms with van der Waals surface area (Å²) in [6.45, 7) is 5.34. The molecule has 4 N–H and O–H groups in total. The molecule has 4 unspecified atom stereocenters. The van der Waals surface area contributed by atoms with Crippen molar-refractivity contribution < 1.29 is 14.4 Å². The van der Waals surface area contributed by atoms with Gasteiger partial charge in [-0.1, -0.05) is 50.6 Å². The molecule has 1 aromatic rings. The molecule has 0 saturated heterocycles. The van der Waals surface area contributed by atoms with Gasteiger partial charge in [0.15, 0.2) is 0 Å². The first-order chi connectivity index (χ1) is 11.4. The van der Waals surface area contributed by atoms with E-state index in [0.717, 1.165) is 12.0 Å². The van der Waals surface area contributed by atoms with E-state index in [9.17, 15) is 14.4 Å². The lowest BCUT2D eigenvalue weighted by Crippen LogP contribution is -2.54. The molecule has 0 bridgehead atoms. The molecule has 0 aliphatic heterocycles. The van der Waals surface area contributed by atoms with E-state index in [0.29, 0.717) is 6.42 Å². The first-order valence-electron chi connectivity index (χ1n) is 8.16. The molecule has 0 saturated carbocycles. The SMILES string of the molecule is CCC(C)C([C]=O)NC(=O)C(Cc1ccccc1)NC(=O)C(C)N. The Balaban J connectivity index is 2.88. The third-order valence-electron chi connectivity index (χ3n) is 3.97. The van der Waals surface area contributed by atoms with Crippen LogP contribution in [0.2, 0.25) is 0 Å². The zero-order valence-corrected chi connectivity index (χ0v) is 14.4. The Labute approximate surface area is 143 Å². The van der Waals surface area contributed by atoms with Crippen LogP contribution < -0.4 is 16.4 Å². The van der Waals surface area contributed by atoms with E-state index in [1.807, 2.05) is 50.5 Å². The van der Waals surface area contributed by atoms with Gasteiger partial charge in [0, 0.05) is 6.42 Å². The van der Waals surface area contributed by atoms with Crippen LogP contribution in [0.25, 0.3) is 0 Å². The third kappa shape index (κ3) is 6.12. The van der Waals surface area contributed by atoms with Crippen molar-refractivity contribution in [2.24, 2.45) is 11.7 Å². The van der Waals surface area contributed by atoms with Gasteiger partial charge < -0.3 is 16.4 Å². The van der Waals surface area contributed by atoms with Crippen molar-refractivity contribution in [3.8, 4) is 0 Å². The van der Waals surface area contributed by atoms with Gasteiger partial charge in [-0.2, -0.15) is 0 Å². The van der Waals surface area contributed by atoms with Gasteiger partial charge in [-0.3, -0.25) is 14.4 Å². The second kappa shape index (κ2) is 9.82. The minimum absolute atomic E-state index is 0.0343. The molecule has 131 valence electrons. The van der Waals surface area contributed by atoms with E-state index in [-0.39, 0.29) is 5.92 Å². The molecule has 0 aliphatic carbocycles. The van der Waals surface area contributed by atoms with Gasteiger partial charge in [0.1, 0.15) is 6.04 Å². The number of amides is 2. The van der Waals surface area contributed by atoms with Gasteiger partial charge in [0.05, 0.1) is 12.1 Å². The van der Waals surface area contributed by atoms with Crippen LogP contribution in [0.15, 0.2) is 30.3 Å². The number of hydrogen-bond donors (Lipinski definition) is 3. The summed E-state index contributed by atoms with van der Waals surface area (Å²) in [5.41, 5.74) is 6.47. The van der Waals surface area contributed by atoms with Crippen LogP contribution in [0, 0.1) is 5.92 Å². The maximum atomic E-state index is 12.5. The number of carbonyl (C=O) groups excluding carboxylic acids is 3. The molecule has 6 nitrogen and oxygen atoms in total. The quantitative estimate of drug-likeness (QED) is 0.619. The largest absolute Gasteiger partial charge is 0.344 e. The highest BCUT2D eigenvalue weighted by molar-refractivity contribution is 5.90. The zero-order valence-electron chi connectivity index (χ0n) is 14.4. The summed E-state index contributed by atoms with van der Waals surface area (Å²) in [6.07, 6.45) is 2.91. The van der Waals surface area contributed by atoms with E-state index in [2.05, 4.69) is 10.6 Å². The monoisotopic (exact) mass is 332 g/mol. The van der Waals surface area contributed by atoms with Crippen molar-refractivity contribution in [2.45, 2.75) is 51.7 Å². The number of hydrogen-bond acceptors (Lipinski definition) is 4. The predicted octanol–water partition coefficient (Wildman–Crippen LogP) is 0.702. The molecule has 1 aromatic carbocycles. The van der Waals surface area contributed by atoms with Gasteiger partial charge in [0.25, 0.3) is 0 Å². The third-order valence-corrected chi connectivity index (χ3v) is 3.97. The van der Waals surface area contributed by atoms with Crippen molar-refractivity contribution >= 4 is 18.1 Å². The molecular formula is C18H26N3O3. The topological polar surface area (TPSA) is 101 Å². The second-order valence-corrected chi connectivity index (χ2v) is 6.03. The van der Waals surface area contributed by atoms with Crippen molar-refractivity contribution in [3.05, 3.63) is 35.9 Å². The molecule has 2 amide bonds. The highest BCUT2D eigenvalue weighted by atomic mass is 16.2. The average Bonchev–Trinajstić information content (AvgIpc) is 2.58. The van der Waals surface area contributed by atoms with E-state index < -0.39 is 29.9 Å². The number of rotatable bonds is 9. The number of nitrogens with two attached hydrogens (primary N) is 1. The lowest BCUT2D eigenvalue weighted by atomic mass is 9.99. The Morgan fingerprint density at radius 2 is 1.75 bits per heavy atom. The van der Waals surface area contributed by atoms with E-state index in [1.54, 1.807) is 6.92 Å². The summed E-state index contributed by atoms with van der Waals surface area (Å²) >= 11 is 0. The van der Waals surface area contributed by atoms with Crippen molar-refractivity contribution in [2.75, 3.05) is 0 Å². The smallest absolute Gasteiger partial charge is 0.243 e. The fourth-order valence-electron chi connectivity index (χ4n) is 2.14. The molecule has 0 aromatic heterocycles. The summed E-state index contributed by atoms with van der Waals surface area (Å²) < 4.78 is 0. The molecule has 0 aliphatic rings. The van der Waals surface area contributed by atoms with Crippen LogP contribution in [-0.2, 0) is 20.8 Å². The summed E-state index contributed by atoms with van der Waals surface area (Å²) in [6, 6.07) is 7.11. The second-order valence-electron chi connectivity index (χ2n) is 6.03. The van der Waals surface area contributed by atoms with E-state index in [4.69, 9.17) is 5.73 Å². The molecule has 24 heavy (non-hydrogen) atoms. The van der Waals surface area contributed by atoms with Crippen LogP contribution in [0.1, 0.15) is 32.8 Å². The maximum absolute atomic E-state index is 12.5. The Bertz CT molecular complexity index is 546. The van der Waals surface area contributed by atoms with Crippen LogP contribution >= 0.6 is 0 Å². The summed E-state index contributed by atoms with van der Waals surface area (Å²) in [7, 11) is 0. The van der Waals surface area contributed by atoms with E-state index >= 15 is 0 Å².